The lowest BCUT2D eigenvalue weighted by Crippen LogP contribution is -2.27. The molecule has 1 fully saturated rings. The van der Waals surface area contributed by atoms with Crippen molar-refractivity contribution in [2.75, 3.05) is 12.3 Å². The predicted octanol–water partition coefficient (Wildman–Crippen LogP) is 4.32. The summed E-state index contributed by atoms with van der Waals surface area (Å²) < 4.78 is 1.80. The summed E-state index contributed by atoms with van der Waals surface area (Å²) in [4.78, 5) is 13.8. The summed E-state index contributed by atoms with van der Waals surface area (Å²) in [5.41, 5.74) is 2.30. The number of carbonyl (C=O) groups excluding carboxylic acids is 1. The maximum absolute atomic E-state index is 12.6. The van der Waals surface area contributed by atoms with Crippen molar-refractivity contribution in [2.45, 2.75) is 23.7 Å². The van der Waals surface area contributed by atoms with Crippen LogP contribution in [-0.2, 0) is 0 Å². The number of aromatic nitrogens is 3. The van der Waals surface area contributed by atoms with E-state index in [0.717, 1.165) is 39.9 Å². The van der Waals surface area contributed by atoms with E-state index in [2.05, 4.69) is 15.6 Å². The van der Waals surface area contributed by atoms with Crippen molar-refractivity contribution >= 4 is 29.3 Å². The number of rotatable bonds is 7. The van der Waals surface area contributed by atoms with Crippen molar-refractivity contribution in [3.8, 4) is 5.69 Å². The van der Waals surface area contributed by atoms with Crippen molar-refractivity contribution < 1.29 is 4.79 Å². The average molecular weight is 399 g/mol. The molecule has 0 spiro atoms. The summed E-state index contributed by atoms with van der Waals surface area (Å²) in [5.74, 6) is 0.985. The van der Waals surface area contributed by atoms with Gasteiger partial charge >= 0.3 is 0 Å². The van der Waals surface area contributed by atoms with E-state index in [1.807, 2.05) is 54.6 Å². The summed E-state index contributed by atoms with van der Waals surface area (Å²) in [6.07, 6.45) is 2.15. The van der Waals surface area contributed by atoms with Gasteiger partial charge in [0.2, 0.25) is 0 Å². The number of halogens is 1. The molecule has 7 heteroatoms. The fourth-order valence-electron chi connectivity index (χ4n) is 2.88. The molecular weight excluding hydrogens is 380 g/mol. The molecule has 1 heterocycles. The highest BCUT2D eigenvalue weighted by Crippen LogP contribution is 2.41. The maximum Gasteiger partial charge on any atom is 0.273 e. The van der Waals surface area contributed by atoms with Gasteiger partial charge in [-0.2, -0.15) is 0 Å². The predicted molar refractivity (Wildman–Crippen MR) is 108 cm³/mol. The van der Waals surface area contributed by atoms with E-state index in [9.17, 15) is 4.79 Å². The van der Waals surface area contributed by atoms with Gasteiger partial charge in [0.15, 0.2) is 5.69 Å². The standard InChI is InChI=1S/C20H19ClN4OS/c21-15-8-10-17(11-9-15)27-13-12-22-20(26)18-19(14-6-7-14)25(24-23-18)16-4-2-1-3-5-16/h1-5,8-11,14H,6-7,12-13H2,(H,22,26). The van der Waals surface area contributed by atoms with Gasteiger partial charge in [-0.1, -0.05) is 35.0 Å². The molecule has 0 aliphatic heterocycles. The number of thioether (sulfide) groups is 1. The van der Waals surface area contributed by atoms with Gasteiger partial charge in [-0.15, -0.1) is 16.9 Å². The van der Waals surface area contributed by atoms with Crippen LogP contribution in [0.4, 0.5) is 0 Å². The van der Waals surface area contributed by atoms with Crippen LogP contribution in [0.25, 0.3) is 5.69 Å². The van der Waals surface area contributed by atoms with Crippen molar-refractivity contribution in [2.24, 2.45) is 0 Å². The smallest absolute Gasteiger partial charge is 0.273 e. The van der Waals surface area contributed by atoms with Crippen LogP contribution in [0.2, 0.25) is 5.02 Å². The zero-order valence-corrected chi connectivity index (χ0v) is 16.2. The van der Waals surface area contributed by atoms with Gasteiger partial charge in [0.05, 0.1) is 11.4 Å². The molecule has 1 amide bonds. The minimum Gasteiger partial charge on any atom is -0.350 e. The van der Waals surface area contributed by atoms with E-state index in [-0.39, 0.29) is 5.91 Å². The lowest BCUT2D eigenvalue weighted by atomic mass is 10.2. The number of hydrogen-bond acceptors (Lipinski definition) is 4. The molecule has 1 aliphatic carbocycles. The normalized spacial score (nSPS) is 13.5. The van der Waals surface area contributed by atoms with Crippen LogP contribution in [0.3, 0.4) is 0 Å². The molecule has 0 saturated heterocycles. The van der Waals surface area contributed by atoms with Gasteiger partial charge < -0.3 is 5.32 Å². The summed E-state index contributed by atoms with van der Waals surface area (Å²) in [7, 11) is 0. The first-order valence-corrected chi connectivity index (χ1v) is 10.3. The Morgan fingerprint density at radius 2 is 1.89 bits per heavy atom. The van der Waals surface area contributed by atoms with Gasteiger partial charge in [0.25, 0.3) is 5.91 Å². The lowest BCUT2D eigenvalue weighted by Gasteiger charge is -2.08. The summed E-state index contributed by atoms with van der Waals surface area (Å²) in [5, 5.41) is 12.1. The molecule has 1 N–H and O–H groups in total. The Hall–Kier alpha value is -2.31. The average Bonchev–Trinajstić information content (AvgIpc) is 3.45. The Labute approximate surface area is 167 Å². The van der Waals surface area contributed by atoms with E-state index < -0.39 is 0 Å². The molecule has 1 saturated carbocycles. The number of carbonyl (C=O) groups is 1. The Morgan fingerprint density at radius 3 is 2.59 bits per heavy atom. The maximum atomic E-state index is 12.6. The second kappa shape index (κ2) is 8.15. The Balaban J connectivity index is 1.40. The number of nitrogens with zero attached hydrogens (tertiary/aromatic N) is 3. The molecule has 1 aromatic heterocycles. The van der Waals surface area contributed by atoms with Crippen LogP contribution in [0, 0.1) is 0 Å². The van der Waals surface area contributed by atoms with Crippen molar-refractivity contribution in [1.82, 2.24) is 20.3 Å². The Bertz CT molecular complexity index is 923. The highest BCUT2D eigenvalue weighted by molar-refractivity contribution is 7.99. The zero-order chi connectivity index (χ0) is 18.6. The molecule has 5 nitrogen and oxygen atoms in total. The third kappa shape index (κ3) is 4.34. The van der Waals surface area contributed by atoms with Crippen molar-refractivity contribution in [3.63, 3.8) is 0 Å². The molecule has 1 aliphatic rings. The van der Waals surface area contributed by atoms with Crippen molar-refractivity contribution in [1.29, 1.82) is 0 Å². The third-order valence-corrected chi connectivity index (χ3v) is 5.62. The fourth-order valence-corrected chi connectivity index (χ4v) is 3.78. The topological polar surface area (TPSA) is 59.8 Å². The minimum atomic E-state index is -0.157. The van der Waals surface area contributed by atoms with Gasteiger partial charge in [0, 0.05) is 28.1 Å². The molecule has 0 atom stereocenters. The van der Waals surface area contributed by atoms with Crippen molar-refractivity contribution in [3.05, 3.63) is 71.0 Å². The first-order chi connectivity index (χ1) is 13.2. The largest absolute Gasteiger partial charge is 0.350 e. The monoisotopic (exact) mass is 398 g/mol. The molecule has 3 aromatic rings. The summed E-state index contributed by atoms with van der Waals surface area (Å²) in [6.45, 7) is 0.564. The van der Waals surface area contributed by atoms with Gasteiger partial charge in [-0.05, 0) is 49.2 Å². The Morgan fingerprint density at radius 1 is 1.15 bits per heavy atom. The Kier molecular flexibility index (Phi) is 5.45. The van der Waals surface area contributed by atoms with Crippen LogP contribution in [0.1, 0.15) is 34.9 Å². The van der Waals surface area contributed by atoms with Crippen LogP contribution >= 0.6 is 23.4 Å². The fraction of sp³-hybridized carbons (Fsp3) is 0.250. The number of benzene rings is 2. The van der Waals surface area contributed by atoms with Gasteiger partial charge in [-0.3, -0.25) is 4.79 Å². The first-order valence-electron chi connectivity index (χ1n) is 8.90. The van der Waals surface area contributed by atoms with E-state index in [1.54, 1.807) is 16.4 Å². The first kappa shape index (κ1) is 18.1. The van der Waals surface area contributed by atoms with Crippen LogP contribution in [-0.4, -0.2) is 33.2 Å². The zero-order valence-electron chi connectivity index (χ0n) is 14.6. The second-order valence-corrected chi connectivity index (χ2v) is 8.01. The quantitative estimate of drug-likeness (QED) is 0.475. The number of nitrogens with one attached hydrogen (secondary N) is 1. The number of hydrogen-bond donors (Lipinski definition) is 1. The summed E-state index contributed by atoms with van der Waals surface area (Å²) in [6, 6.07) is 17.5. The van der Waals surface area contributed by atoms with Crippen LogP contribution in [0.15, 0.2) is 59.5 Å². The highest BCUT2D eigenvalue weighted by Gasteiger charge is 2.34. The minimum absolute atomic E-state index is 0.157. The molecule has 4 rings (SSSR count). The second-order valence-electron chi connectivity index (χ2n) is 6.40. The molecular formula is C20H19ClN4OS. The molecule has 0 bridgehead atoms. The van der Waals surface area contributed by atoms with Gasteiger partial charge in [-0.25, -0.2) is 4.68 Å². The summed E-state index contributed by atoms with van der Waals surface area (Å²) >= 11 is 7.57. The van der Waals surface area contributed by atoms with Crippen LogP contribution < -0.4 is 5.32 Å². The van der Waals surface area contributed by atoms with E-state index in [4.69, 9.17) is 11.6 Å². The molecule has 0 unspecified atom stereocenters. The molecule has 27 heavy (non-hydrogen) atoms. The number of para-hydroxylation sites is 1. The van der Waals surface area contributed by atoms with E-state index in [1.165, 1.54) is 0 Å². The molecule has 138 valence electrons. The number of amides is 1. The SMILES string of the molecule is O=C(NCCSc1ccc(Cl)cc1)c1nnn(-c2ccccc2)c1C1CC1. The molecule has 2 aromatic carbocycles. The lowest BCUT2D eigenvalue weighted by molar-refractivity contribution is 0.0950. The van der Waals surface area contributed by atoms with Gasteiger partial charge in [0.1, 0.15) is 0 Å². The van der Waals surface area contributed by atoms with E-state index >= 15 is 0 Å². The van der Waals surface area contributed by atoms with E-state index in [0.29, 0.717) is 18.2 Å². The molecule has 0 radical (unpaired) electrons. The van der Waals surface area contributed by atoms with Crippen LogP contribution in [0.5, 0.6) is 0 Å². The third-order valence-electron chi connectivity index (χ3n) is 4.35. The highest BCUT2D eigenvalue weighted by atomic mass is 35.5.